The van der Waals surface area contributed by atoms with Gasteiger partial charge in [0.2, 0.25) is 5.91 Å². The molecule has 0 aliphatic carbocycles. The minimum Gasteiger partial charge on any atom is -0.367 e. The molecule has 1 aromatic rings. The number of ether oxygens (including phenoxy) is 1. The third-order valence-electron chi connectivity index (χ3n) is 2.85. The topological polar surface area (TPSA) is 41.6 Å². The molecular weight excluding hydrogens is 252 g/mol. The van der Waals surface area contributed by atoms with Gasteiger partial charge in [-0.1, -0.05) is 44.2 Å². The minimum absolute atomic E-state index is 0.0542. The molecule has 4 heteroatoms. The lowest BCUT2D eigenvalue weighted by molar-refractivity contribution is -0.126. The standard InChI is InChI=1S/C16H26N2O2/c1-16(2,13-18(3)4)12-17-15(19)11-20-10-14-8-6-5-7-9-14/h5-9H,10-13H2,1-4H3,(H,17,19). The van der Waals surface area contributed by atoms with Crippen LogP contribution in [0.1, 0.15) is 19.4 Å². The number of hydrogen-bond acceptors (Lipinski definition) is 3. The summed E-state index contributed by atoms with van der Waals surface area (Å²) in [7, 11) is 4.07. The predicted octanol–water partition coefficient (Wildman–Crippen LogP) is 1.91. The van der Waals surface area contributed by atoms with E-state index in [9.17, 15) is 4.79 Å². The second kappa shape index (κ2) is 8.02. The zero-order valence-corrected chi connectivity index (χ0v) is 13.0. The van der Waals surface area contributed by atoms with E-state index in [0.717, 1.165) is 12.1 Å². The van der Waals surface area contributed by atoms with Crippen molar-refractivity contribution in [2.24, 2.45) is 5.41 Å². The molecule has 20 heavy (non-hydrogen) atoms. The van der Waals surface area contributed by atoms with Gasteiger partial charge in [-0.2, -0.15) is 0 Å². The number of rotatable bonds is 8. The molecule has 0 radical (unpaired) electrons. The number of benzene rings is 1. The van der Waals surface area contributed by atoms with Gasteiger partial charge in [-0.3, -0.25) is 4.79 Å². The number of nitrogens with one attached hydrogen (secondary N) is 1. The van der Waals surface area contributed by atoms with Gasteiger partial charge in [0.25, 0.3) is 0 Å². The van der Waals surface area contributed by atoms with E-state index in [1.807, 2.05) is 44.4 Å². The van der Waals surface area contributed by atoms with Crippen LogP contribution in [-0.4, -0.2) is 44.6 Å². The number of nitrogens with zero attached hydrogens (tertiary/aromatic N) is 1. The molecule has 0 atom stereocenters. The SMILES string of the molecule is CN(C)CC(C)(C)CNC(=O)COCc1ccccc1. The molecule has 0 aromatic heterocycles. The average Bonchev–Trinajstić information content (AvgIpc) is 2.36. The number of carbonyl (C=O) groups excluding carboxylic acids is 1. The highest BCUT2D eigenvalue weighted by molar-refractivity contribution is 5.77. The third kappa shape index (κ3) is 7.26. The number of hydrogen-bond donors (Lipinski definition) is 1. The second-order valence-electron chi connectivity index (χ2n) is 6.16. The van der Waals surface area contributed by atoms with Crippen molar-refractivity contribution < 1.29 is 9.53 Å². The highest BCUT2D eigenvalue weighted by atomic mass is 16.5. The Kier molecular flexibility index (Phi) is 6.68. The van der Waals surface area contributed by atoms with Gasteiger partial charge in [-0.15, -0.1) is 0 Å². The van der Waals surface area contributed by atoms with Gasteiger partial charge >= 0.3 is 0 Å². The monoisotopic (exact) mass is 278 g/mol. The van der Waals surface area contributed by atoms with Crippen molar-refractivity contribution in [3.8, 4) is 0 Å². The average molecular weight is 278 g/mol. The van der Waals surface area contributed by atoms with E-state index in [1.54, 1.807) is 0 Å². The first-order valence-corrected chi connectivity index (χ1v) is 6.92. The molecule has 0 aliphatic rings. The van der Waals surface area contributed by atoms with Gasteiger partial charge in [-0.05, 0) is 25.1 Å². The van der Waals surface area contributed by atoms with E-state index >= 15 is 0 Å². The summed E-state index contributed by atoms with van der Waals surface area (Å²) >= 11 is 0. The van der Waals surface area contributed by atoms with Gasteiger partial charge in [0.05, 0.1) is 6.61 Å². The molecule has 0 saturated carbocycles. The van der Waals surface area contributed by atoms with Crippen LogP contribution in [0.5, 0.6) is 0 Å². The molecule has 0 heterocycles. The Labute approximate surface area is 122 Å². The van der Waals surface area contributed by atoms with Crippen LogP contribution in [0.25, 0.3) is 0 Å². The molecule has 0 unspecified atom stereocenters. The third-order valence-corrected chi connectivity index (χ3v) is 2.85. The van der Waals surface area contributed by atoms with E-state index in [1.165, 1.54) is 0 Å². The van der Waals surface area contributed by atoms with Crippen molar-refractivity contribution in [1.29, 1.82) is 0 Å². The fourth-order valence-electron chi connectivity index (χ4n) is 2.14. The van der Waals surface area contributed by atoms with Crippen LogP contribution in [-0.2, 0) is 16.1 Å². The van der Waals surface area contributed by atoms with Gasteiger partial charge in [0.1, 0.15) is 6.61 Å². The molecule has 0 bridgehead atoms. The highest BCUT2D eigenvalue weighted by Crippen LogP contribution is 2.13. The Morgan fingerprint density at radius 3 is 2.50 bits per heavy atom. The molecule has 4 nitrogen and oxygen atoms in total. The first-order chi connectivity index (χ1) is 9.39. The molecule has 0 spiro atoms. The van der Waals surface area contributed by atoms with Crippen molar-refractivity contribution >= 4 is 5.91 Å². The minimum atomic E-state index is -0.0623. The second-order valence-corrected chi connectivity index (χ2v) is 6.16. The van der Waals surface area contributed by atoms with Gasteiger partial charge in [-0.25, -0.2) is 0 Å². The molecule has 0 aliphatic heterocycles. The van der Waals surface area contributed by atoms with E-state index in [2.05, 4.69) is 24.1 Å². The van der Waals surface area contributed by atoms with Crippen molar-refractivity contribution in [3.63, 3.8) is 0 Å². The summed E-state index contributed by atoms with van der Waals surface area (Å²) in [5.41, 5.74) is 1.13. The van der Waals surface area contributed by atoms with Crippen LogP contribution < -0.4 is 5.32 Å². The molecule has 112 valence electrons. The first kappa shape index (κ1) is 16.7. The van der Waals surface area contributed by atoms with E-state index in [4.69, 9.17) is 4.74 Å². The van der Waals surface area contributed by atoms with E-state index in [-0.39, 0.29) is 17.9 Å². The van der Waals surface area contributed by atoms with Crippen LogP contribution in [0, 0.1) is 5.41 Å². The summed E-state index contributed by atoms with van der Waals surface area (Å²) in [5, 5.41) is 2.92. The lowest BCUT2D eigenvalue weighted by atomic mass is 9.93. The molecular formula is C16H26N2O2. The number of carbonyl (C=O) groups is 1. The van der Waals surface area contributed by atoms with Crippen molar-refractivity contribution in [1.82, 2.24) is 10.2 Å². The molecule has 1 amide bonds. The maximum atomic E-state index is 11.7. The van der Waals surface area contributed by atoms with Gasteiger partial charge in [0.15, 0.2) is 0 Å². The molecule has 1 N–H and O–H groups in total. The van der Waals surface area contributed by atoms with Crippen molar-refractivity contribution in [2.75, 3.05) is 33.8 Å². The zero-order chi connectivity index (χ0) is 15.0. The molecule has 1 rings (SSSR count). The fraction of sp³-hybridized carbons (Fsp3) is 0.562. The van der Waals surface area contributed by atoms with Crippen LogP contribution in [0.2, 0.25) is 0 Å². The molecule has 0 fully saturated rings. The molecule has 0 saturated heterocycles. The summed E-state index contributed by atoms with van der Waals surface area (Å²) in [6.45, 7) is 6.43. The summed E-state index contributed by atoms with van der Waals surface area (Å²) in [5.74, 6) is -0.0623. The van der Waals surface area contributed by atoms with Crippen LogP contribution in [0.3, 0.4) is 0 Å². The molecule has 1 aromatic carbocycles. The Hall–Kier alpha value is -1.39. The van der Waals surface area contributed by atoms with E-state index in [0.29, 0.717) is 13.2 Å². The predicted molar refractivity (Wildman–Crippen MR) is 81.4 cm³/mol. The summed E-state index contributed by atoms with van der Waals surface area (Å²) in [6.07, 6.45) is 0. The first-order valence-electron chi connectivity index (χ1n) is 6.92. The summed E-state index contributed by atoms with van der Waals surface area (Å²) in [4.78, 5) is 13.8. The van der Waals surface area contributed by atoms with E-state index < -0.39 is 0 Å². The normalized spacial score (nSPS) is 11.7. The summed E-state index contributed by atoms with van der Waals surface area (Å²) < 4.78 is 5.41. The quantitative estimate of drug-likeness (QED) is 0.790. The Morgan fingerprint density at radius 2 is 1.90 bits per heavy atom. The lowest BCUT2D eigenvalue weighted by Crippen LogP contribution is -2.41. The Bertz CT molecular complexity index is 402. The summed E-state index contributed by atoms with van der Waals surface area (Å²) in [6, 6.07) is 9.85. The Morgan fingerprint density at radius 1 is 1.25 bits per heavy atom. The fourth-order valence-corrected chi connectivity index (χ4v) is 2.14. The van der Waals surface area contributed by atoms with Crippen LogP contribution >= 0.6 is 0 Å². The van der Waals surface area contributed by atoms with Crippen LogP contribution in [0.15, 0.2) is 30.3 Å². The van der Waals surface area contributed by atoms with Crippen molar-refractivity contribution in [2.45, 2.75) is 20.5 Å². The van der Waals surface area contributed by atoms with Gasteiger partial charge in [0, 0.05) is 13.1 Å². The zero-order valence-electron chi connectivity index (χ0n) is 13.0. The van der Waals surface area contributed by atoms with Crippen molar-refractivity contribution in [3.05, 3.63) is 35.9 Å². The smallest absolute Gasteiger partial charge is 0.246 e. The highest BCUT2D eigenvalue weighted by Gasteiger charge is 2.19. The largest absolute Gasteiger partial charge is 0.367 e. The number of amides is 1. The van der Waals surface area contributed by atoms with Gasteiger partial charge < -0.3 is 15.0 Å². The maximum Gasteiger partial charge on any atom is 0.246 e. The van der Waals surface area contributed by atoms with Crippen LogP contribution in [0.4, 0.5) is 0 Å². The lowest BCUT2D eigenvalue weighted by Gasteiger charge is -2.28. The maximum absolute atomic E-state index is 11.7. The Balaban J connectivity index is 2.20.